The molecule has 14 heteroatoms. The first-order chi connectivity index (χ1) is 33.5. The van der Waals surface area contributed by atoms with Gasteiger partial charge in [0, 0.05) is 56.1 Å². The second-order valence-electron chi connectivity index (χ2n) is 26.5. The van der Waals surface area contributed by atoms with Gasteiger partial charge < -0.3 is 51.2 Å². The van der Waals surface area contributed by atoms with Gasteiger partial charge in [0.25, 0.3) is 0 Å². The summed E-state index contributed by atoms with van der Waals surface area (Å²) in [6.07, 6.45) is 7.56. The van der Waals surface area contributed by atoms with E-state index in [1.807, 2.05) is 31.2 Å². The van der Waals surface area contributed by atoms with Crippen molar-refractivity contribution in [1.29, 1.82) is 0 Å². The van der Waals surface area contributed by atoms with Gasteiger partial charge in [-0.05, 0) is 91.4 Å². The van der Waals surface area contributed by atoms with E-state index in [0.717, 1.165) is 24.0 Å². The molecule has 0 saturated carbocycles. The van der Waals surface area contributed by atoms with E-state index in [1.165, 1.54) is 5.57 Å². The molecule has 14 atom stereocenters. The molecule has 2 rings (SSSR count). The minimum atomic E-state index is -2.26. The summed E-state index contributed by atoms with van der Waals surface area (Å²) in [6, 6.07) is 7.90. The average molecular weight is 1080 g/mol. The van der Waals surface area contributed by atoms with Gasteiger partial charge in [0.1, 0.15) is 25.6 Å². The van der Waals surface area contributed by atoms with E-state index in [0.29, 0.717) is 13.0 Å². The fourth-order valence-electron chi connectivity index (χ4n) is 9.25. The molecule has 1 aromatic carbocycles. The molecule has 1 saturated heterocycles. The largest absolute Gasteiger partial charge is 0.497 e. The highest BCUT2D eigenvalue weighted by Crippen LogP contribution is 2.46. The number of ether oxygens (including phenoxy) is 7. The van der Waals surface area contributed by atoms with Crippen molar-refractivity contribution in [1.82, 2.24) is 0 Å². The van der Waals surface area contributed by atoms with Crippen LogP contribution in [-0.2, 0) is 53.1 Å². The first-order valence-electron chi connectivity index (χ1n) is 27.4. The highest BCUT2D eigenvalue weighted by molar-refractivity contribution is 6.75. The normalized spacial score (nSPS) is 23.9. The Morgan fingerprint density at radius 3 is 1.70 bits per heavy atom. The van der Waals surface area contributed by atoms with Crippen LogP contribution < -0.4 is 4.74 Å². The fourth-order valence-corrected chi connectivity index (χ4v) is 13.4. The molecule has 1 heterocycles. The van der Waals surface area contributed by atoms with Crippen LogP contribution in [0.2, 0.25) is 54.4 Å². The molecule has 1 aliphatic rings. The minimum Gasteiger partial charge on any atom is -0.497 e. The van der Waals surface area contributed by atoms with E-state index in [1.54, 1.807) is 21.3 Å². The number of rotatable bonds is 30. The maximum atomic E-state index is 12.5. The van der Waals surface area contributed by atoms with Gasteiger partial charge in [-0.15, -0.1) is 0 Å². The predicted octanol–water partition coefficient (Wildman–Crippen LogP) is 15.0. The molecule has 1 fully saturated rings. The Balaban J connectivity index is 2.50. The van der Waals surface area contributed by atoms with Crippen LogP contribution in [0.25, 0.3) is 0 Å². The Labute approximate surface area is 450 Å². The van der Waals surface area contributed by atoms with Gasteiger partial charge in [0.15, 0.2) is 31.2 Å². The molecule has 424 valence electrons. The number of methoxy groups -OCH3 is 3. The van der Waals surface area contributed by atoms with Gasteiger partial charge in [-0.2, -0.15) is 0 Å². The second-order valence-corrected chi connectivity index (χ2v) is 40.8. The van der Waals surface area contributed by atoms with Crippen molar-refractivity contribution in [2.45, 2.75) is 234 Å². The molecule has 1 aliphatic heterocycles. The zero-order valence-electron chi connectivity index (χ0n) is 51.2. The van der Waals surface area contributed by atoms with Crippen molar-refractivity contribution in [3.05, 3.63) is 53.6 Å². The number of carbonyl (C=O) groups is 1. The molecule has 0 amide bonds. The van der Waals surface area contributed by atoms with Crippen LogP contribution in [0.3, 0.4) is 0 Å². The maximum Gasteiger partial charge on any atom is 0.195 e. The molecule has 0 aromatic heterocycles. The van der Waals surface area contributed by atoms with E-state index in [4.69, 9.17) is 46.4 Å². The molecule has 0 spiro atoms. The Morgan fingerprint density at radius 2 is 1.19 bits per heavy atom. The lowest BCUT2D eigenvalue weighted by molar-refractivity contribution is -0.237. The number of carbonyl (C=O) groups excluding carboxylic acids is 1. The highest BCUT2D eigenvalue weighted by atomic mass is 28.4. The van der Waals surface area contributed by atoms with Gasteiger partial charge in [0.2, 0.25) is 0 Å². The average Bonchev–Trinajstić information content (AvgIpc) is 3.28. The third-order valence-electron chi connectivity index (χ3n) is 17.1. The standard InChI is InChI=1S/C59H110O11Si3/c1-40(34-43(4)54(68-71(21,22)57(9,10)11)46(7)53(44(5)36-60)64-37-48-28-31-49(63-20)32-29-48)33-42(3)52(66-39-62-19)41(2)27-30-50(65-38-61-18)35-51-45(6)55(69-72(23,24)58(12,13)14)47(8)56(67-51)70-73(25,26)59(15,16)17/h27-33,36,41-47,50-56H,34-35,37-39H2,1-26H3/b30-27-,40-33-/t41-,42-,43-,44-,45-,46+,47+,50+,51-,52-,53-,54+,55-,56-/m0/s1. The van der Waals surface area contributed by atoms with Crippen LogP contribution in [0.15, 0.2) is 48.1 Å². The quantitative estimate of drug-likeness (QED) is 0.0318. The second kappa shape index (κ2) is 28.9. The third kappa shape index (κ3) is 20.0. The number of allylic oxidation sites excluding steroid dienone is 1. The monoisotopic (exact) mass is 1080 g/mol. The SMILES string of the molecule is COCO[C@@H]([C@@H](C)/C=C\[C@H](C[C@@H]1O[C@@H](O[Si](C)(C)C(C)(C)C)[C@H](C)[C@@H](O[Si](C)(C)C(C)(C)C)[C@H]1C)OCOC)[C@@H](C)/C=C(/C)C[C@H](C)[C@@H](O[Si](C)(C)C(C)(C)C)[C@H](C)[C@@H](OCc1ccc(OC)cc1)[C@@H](C)C=O. The maximum absolute atomic E-state index is 12.5. The zero-order chi connectivity index (χ0) is 56.1. The van der Waals surface area contributed by atoms with Crippen LogP contribution >= 0.6 is 0 Å². The highest BCUT2D eigenvalue weighted by Gasteiger charge is 2.51. The van der Waals surface area contributed by atoms with Crippen molar-refractivity contribution in [2.75, 3.05) is 34.9 Å². The van der Waals surface area contributed by atoms with E-state index >= 15 is 0 Å². The van der Waals surface area contributed by atoms with Crippen LogP contribution in [-0.4, -0.2) is 109 Å². The summed E-state index contributed by atoms with van der Waals surface area (Å²) >= 11 is 0. The molecule has 0 unspecified atom stereocenters. The van der Waals surface area contributed by atoms with Crippen LogP contribution in [0.1, 0.15) is 136 Å². The molecule has 0 bridgehead atoms. The Morgan fingerprint density at radius 1 is 0.658 bits per heavy atom. The first-order valence-corrected chi connectivity index (χ1v) is 36.2. The fraction of sp³-hybridized carbons (Fsp3) is 0.814. The summed E-state index contributed by atoms with van der Waals surface area (Å²) in [5.74, 6) is 0.706. The lowest BCUT2D eigenvalue weighted by atomic mass is 9.81. The number of hydrogen-bond acceptors (Lipinski definition) is 11. The number of benzene rings is 1. The molecule has 1 aromatic rings. The number of aldehydes is 1. The molecule has 0 aliphatic carbocycles. The smallest absolute Gasteiger partial charge is 0.195 e. The van der Waals surface area contributed by atoms with Crippen LogP contribution in [0.4, 0.5) is 0 Å². The molecule has 11 nitrogen and oxygen atoms in total. The molecule has 0 N–H and O–H groups in total. The summed E-state index contributed by atoms with van der Waals surface area (Å²) in [5.41, 5.74) is 2.27. The summed E-state index contributed by atoms with van der Waals surface area (Å²) in [5, 5.41) is 0.0669. The lowest BCUT2D eigenvalue weighted by Gasteiger charge is -2.51. The summed E-state index contributed by atoms with van der Waals surface area (Å²) in [4.78, 5) is 12.5. The van der Waals surface area contributed by atoms with Crippen molar-refractivity contribution < 1.29 is 51.2 Å². The zero-order valence-corrected chi connectivity index (χ0v) is 54.2. The minimum absolute atomic E-state index is 0.00236. The Bertz CT molecular complexity index is 1810. The van der Waals surface area contributed by atoms with Gasteiger partial charge in [-0.3, -0.25) is 0 Å². The van der Waals surface area contributed by atoms with E-state index in [9.17, 15) is 4.79 Å². The number of hydrogen-bond donors (Lipinski definition) is 0. The first kappa shape index (κ1) is 67.6. The van der Waals surface area contributed by atoms with Crippen molar-refractivity contribution in [3.63, 3.8) is 0 Å². The van der Waals surface area contributed by atoms with Crippen molar-refractivity contribution in [2.24, 2.45) is 41.4 Å². The molecular formula is C59H110O11Si3. The van der Waals surface area contributed by atoms with Gasteiger partial charge in [-0.1, -0.05) is 147 Å². The van der Waals surface area contributed by atoms with Gasteiger partial charge >= 0.3 is 0 Å². The van der Waals surface area contributed by atoms with Crippen molar-refractivity contribution in [3.8, 4) is 5.75 Å². The van der Waals surface area contributed by atoms with E-state index in [2.05, 4.69) is 168 Å². The van der Waals surface area contributed by atoms with Gasteiger partial charge in [-0.25, -0.2) is 0 Å². The third-order valence-corrected chi connectivity index (χ3v) is 30.5. The van der Waals surface area contributed by atoms with E-state index < -0.39 is 31.2 Å². The topological polar surface area (TPSA) is 109 Å². The summed E-state index contributed by atoms with van der Waals surface area (Å²) in [6.45, 7) is 52.8. The Hall–Kier alpha value is -1.54. The molecular weight excluding hydrogens is 969 g/mol. The molecule has 73 heavy (non-hydrogen) atoms. The van der Waals surface area contributed by atoms with Crippen LogP contribution in [0.5, 0.6) is 5.75 Å². The summed E-state index contributed by atoms with van der Waals surface area (Å²) < 4.78 is 64.9. The molecule has 0 radical (unpaired) electrons. The lowest BCUT2D eigenvalue weighted by Crippen LogP contribution is -2.58. The Kier molecular flexibility index (Phi) is 26.7. The van der Waals surface area contributed by atoms with Crippen LogP contribution in [0, 0.1) is 41.4 Å². The van der Waals surface area contributed by atoms with Gasteiger partial charge in [0.05, 0.1) is 50.3 Å². The van der Waals surface area contributed by atoms with Crippen molar-refractivity contribution >= 4 is 31.2 Å². The van der Waals surface area contributed by atoms with E-state index in [-0.39, 0.29) is 107 Å². The predicted molar refractivity (Wildman–Crippen MR) is 308 cm³/mol. The summed E-state index contributed by atoms with van der Waals surface area (Å²) in [7, 11) is -1.62.